The number of nitrogen functional groups attached to an aromatic ring is 1. The normalized spacial score (nSPS) is 18.9. The summed E-state index contributed by atoms with van der Waals surface area (Å²) >= 11 is 1.31. The highest BCUT2D eigenvalue weighted by Gasteiger charge is 2.28. The predicted molar refractivity (Wildman–Crippen MR) is 87.0 cm³/mol. The standard InChI is InChI=1S/C15H20N4O2S/c1-8-9(2)17-18-14-11(8)12(16)13(22-14)15(21)19-5-3-4-10(6-19)7-20/h10,20H,3-7,16H2,1-2H3. The van der Waals surface area contributed by atoms with Gasteiger partial charge in [-0.05, 0) is 38.2 Å². The van der Waals surface area contributed by atoms with Crippen molar-refractivity contribution < 1.29 is 9.90 Å². The Balaban J connectivity index is 1.98. The number of aromatic nitrogens is 2. The van der Waals surface area contributed by atoms with Crippen LogP contribution in [0.15, 0.2) is 0 Å². The third-order valence-electron chi connectivity index (χ3n) is 4.39. The molecule has 0 aliphatic carbocycles. The fraction of sp³-hybridized carbons (Fsp3) is 0.533. The van der Waals surface area contributed by atoms with Gasteiger partial charge in [-0.1, -0.05) is 0 Å². The quantitative estimate of drug-likeness (QED) is 0.879. The van der Waals surface area contributed by atoms with E-state index in [-0.39, 0.29) is 18.4 Å². The van der Waals surface area contributed by atoms with Crippen molar-refractivity contribution in [2.45, 2.75) is 26.7 Å². The van der Waals surface area contributed by atoms with E-state index in [9.17, 15) is 9.90 Å². The molecular weight excluding hydrogens is 300 g/mol. The Morgan fingerprint density at radius 2 is 2.23 bits per heavy atom. The number of aryl methyl sites for hydroxylation is 2. The van der Waals surface area contributed by atoms with Gasteiger partial charge >= 0.3 is 0 Å². The minimum absolute atomic E-state index is 0.0595. The van der Waals surface area contributed by atoms with Crippen LogP contribution in [-0.2, 0) is 0 Å². The number of carbonyl (C=O) groups is 1. The Hall–Kier alpha value is -1.73. The van der Waals surface area contributed by atoms with Crippen LogP contribution in [0.1, 0.15) is 33.8 Å². The van der Waals surface area contributed by atoms with Gasteiger partial charge in [-0.2, -0.15) is 5.10 Å². The smallest absolute Gasteiger partial charge is 0.266 e. The molecule has 3 heterocycles. The lowest BCUT2D eigenvalue weighted by Gasteiger charge is -2.31. The summed E-state index contributed by atoms with van der Waals surface area (Å²) in [4.78, 5) is 15.8. The second-order valence-corrected chi connectivity index (χ2v) is 6.88. The highest BCUT2D eigenvalue weighted by atomic mass is 32.1. The molecule has 1 fully saturated rings. The summed E-state index contributed by atoms with van der Waals surface area (Å²) in [5.41, 5.74) is 8.54. The number of piperidine rings is 1. The first-order valence-corrected chi connectivity index (χ1v) is 8.26. The second kappa shape index (κ2) is 5.81. The zero-order valence-electron chi connectivity index (χ0n) is 12.8. The molecule has 1 saturated heterocycles. The van der Waals surface area contributed by atoms with Gasteiger partial charge in [0.15, 0.2) is 0 Å². The molecule has 2 aromatic heterocycles. The molecular formula is C15H20N4O2S. The van der Waals surface area contributed by atoms with Crippen LogP contribution in [0.3, 0.4) is 0 Å². The molecule has 118 valence electrons. The fourth-order valence-corrected chi connectivity index (χ4v) is 4.01. The van der Waals surface area contributed by atoms with Crippen molar-refractivity contribution >= 4 is 33.1 Å². The topological polar surface area (TPSA) is 92.3 Å². The van der Waals surface area contributed by atoms with Crippen molar-refractivity contribution in [3.63, 3.8) is 0 Å². The molecule has 3 N–H and O–H groups in total. The Morgan fingerprint density at radius 3 is 2.95 bits per heavy atom. The highest BCUT2D eigenvalue weighted by molar-refractivity contribution is 7.21. The van der Waals surface area contributed by atoms with Gasteiger partial charge in [-0.25, -0.2) is 0 Å². The van der Waals surface area contributed by atoms with Crippen LogP contribution in [0.25, 0.3) is 10.2 Å². The summed E-state index contributed by atoms with van der Waals surface area (Å²) in [7, 11) is 0. The molecule has 6 nitrogen and oxygen atoms in total. The lowest BCUT2D eigenvalue weighted by atomic mass is 9.99. The monoisotopic (exact) mass is 320 g/mol. The number of carbonyl (C=O) groups excluding carboxylic acids is 1. The van der Waals surface area contributed by atoms with E-state index in [4.69, 9.17) is 5.73 Å². The van der Waals surface area contributed by atoms with Crippen molar-refractivity contribution in [3.8, 4) is 0 Å². The highest BCUT2D eigenvalue weighted by Crippen LogP contribution is 2.36. The van der Waals surface area contributed by atoms with Crippen LogP contribution < -0.4 is 5.73 Å². The van der Waals surface area contributed by atoms with Gasteiger partial charge < -0.3 is 15.7 Å². The predicted octanol–water partition coefficient (Wildman–Crippen LogP) is 1.73. The Labute approximate surface area is 132 Å². The molecule has 0 saturated carbocycles. The number of hydrogen-bond donors (Lipinski definition) is 2. The summed E-state index contributed by atoms with van der Waals surface area (Å²) in [6.07, 6.45) is 1.88. The molecule has 0 bridgehead atoms. The van der Waals surface area contributed by atoms with E-state index in [1.165, 1.54) is 11.3 Å². The van der Waals surface area contributed by atoms with Crippen molar-refractivity contribution in [2.75, 3.05) is 25.4 Å². The van der Waals surface area contributed by atoms with Gasteiger partial charge in [0.05, 0.1) is 11.4 Å². The summed E-state index contributed by atoms with van der Waals surface area (Å²) < 4.78 is 0. The van der Waals surface area contributed by atoms with E-state index < -0.39 is 0 Å². The number of nitrogens with zero attached hydrogens (tertiary/aromatic N) is 3. The van der Waals surface area contributed by atoms with Gasteiger partial charge in [0.2, 0.25) is 0 Å². The van der Waals surface area contributed by atoms with Gasteiger partial charge in [0, 0.05) is 25.1 Å². The molecule has 1 aliphatic heterocycles. The Kier molecular flexibility index (Phi) is 4.01. The van der Waals surface area contributed by atoms with Crippen LogP contribution in [0.5, 0.6) is 0 Å². The lowest BCUT2D eigenvalue weighted by molar-refractivity contribution is 0.0626. The van der Waals surface area contributed by atoms with E-state index in [0.29, 0.717) is 28.5 Å². The van der Waals surface area contributed by atoms with Crippen LogP contribution in [0, 0.1) is 19.8 Å². The van der Waals surface area contributed by atoms with Crippen LogP contribution in [0.4, 0.5) is 5.69 Å². The van der Waals surface area contributed by atoms with E-state index in [0.717, 1.165) is 29.5 Å². The zero-order chi connectivity index (χ0) is 15.9. The summed E-state index contributed by atoms with van der Waals surface area (Å²) in [5.74, 6) is 0.104. The first kappa shape index (κ1) is 15.2. The van der Waals surface area contributed by atoms with Crippen molar-refractivity contribution in [2.24, 2.45) is 5.92 Å². The minimum Gasteiger partial charge on any atom is -0.397 e. The van der Waals surface area contributed by atoms with E-state index in [2.05, 4.69) is 10.2 Å². The van der Waals surface area contributed by atoms with Crippen LogP contribution >= 0.6 is 11.3 Å². The molecule has 1 atom stereocenters. The number of thiophene rings is 1. The Morgan fingerprint density at radius 1 is 1.45 bits per heavy atom. The number of fused-ring (bicyclic) bond motifs is 1. The van der Waals surface area contributed by atoms with Gasteiger partial charge in [-0.15, -0.1) is 16.4 Å². The molecule has 22 heavy (non-hydrogen) atoms. The number of hydrogen-bond acceptors (Lipinski definition) is 6. The molecule has 0 radical (unpaired) electrons. The first-order valence-electron chi connectivity index (χ1n) is 7.45. The largest absolute Gasteiger partial charge is 0.397 e. The number of aliphatic hydroxyl groups excluding tert-OH is 1. The Bertz CT molecular complexity index is 728. The SMILES string of the molecule is Cc1nnc2sc(C(=O)N3CCCC(CO)C3)c(N)c2c1C. The maximum Gasteiger partial charge on any atom is 0.266 e. The number of nitrogens with two attached hydrogens (primary N) is 1. The van der Waals surface area contributed by atoms with Crippen LogP contribution in [-0.4, -0.2) is 45.8 Å². The molecule has 0 aromatic carbocycles. The fourth-order valence-electron chi connectivity index (χ4n) is 2.94. The summed E-state index contributed by atoms with van der Waals surface area (Å²) in [5, 5.41) is 18.4. The van der Waals surface area contributed by atoms with Gasteiger partial charge in [0.25, 0.3) is 5.91 Å². The molecule has 2 aromatic rings. The van der Waals surface area contributed by atoms with Gasteiger partial charge in [-0.3, -0.25) is 4.79 Å². The van der Waals surface area contributed by atoms with Crippen molar-refractivity contribution in [3.05, 3.63) is 16.1 Å². The van der Waals surface area contributed by atoms with Crippen LogP contribution in [0.2, 0.25) is 0 Å². The molecule has 7 heteroatoms. The van der Waals surface area contributed by atoms with Crippen molar-refractivity contribution in [1.29, 1.82) is 0 Å². The van der Waals surface area contributed by atoms with Crippen molar-refractivity contribution in [1.82, 2.24) is 15.1 Å². The first-order chi connectivity index (χ1) is 10.5. The maximum absolute atomic E-state index is 12.8. The third kappa shape index (κ3) is 2.44. The average Bonchev–Trinajstić information content (AvgIpc) is 2.88. The van der Waals surface area contributed by atoms with E-state index in [1.54, 1.807) is 4.90 Å². The van der Waals surface area contributed by atoms with Gasteiger partial charge in [0.1, 0.15) is 9.71 Å². The lowest BCUT2D eigenvalue weighted by Crippen LogP contribution is -2.40. The maximum atomic E-state index is 12.8. The summed E-state index contributed by atoms with van der Waals surface area (Å²) in [6, 6.07) is 0. The zero-order valence-corrected chi connectivity index (χ0v) is 13.6. The van der Waals surface area contributed by atoms with E-state index >= 15 is 0 Å². The summed E-state index contributed by atoms with van der Waals surface area (Å²) in [6.45, 7) is 5.26. The number of rotatable bonds is 2. The molecule has 0 spiro atoms. The third-order valence-corrected chi connectivity index (χ3v) is 5.47. The number of likely N-dealkylation sites (tertiary alicyclic amines) is 1. The molecule has 1 aliphatic rings. The minimum atomic E-state index is -0.0595. The second-order valence-electron chi connectivity index (χ2n) is 5.88. The molecule has 1 amide bonds. The average molecular weight is 320 g/mol. The number of amides is 1. The number of anilines is 1. The van der Waals surface area contributed by atoms with E-state index in [1.807, 2.05) is 13.8 Å². The molecule has 3 rings (SSSR count). The molecule has 1 unspecified atom stereocenters. The number of aliphatic hydroxyl groups is 1.